The van der Waals surface area contributed by atoms with E-state index >= 15 is 0 Å². The van der Waals surface area contributed by atoms with E-state index in [-0.39, 0.29) is 12.6 Å². The number of aliphatic hydroxyl groups excluding tert-OH is 3. The van der Waals surface area contributed by atoms with Crippen molar-refractivity contribution < 1.29 is 34.3 Å². The Morgan fingerprint density at radius 3 is 1.76 bits per heavy atom. The molecule has 1 aliphatic heterocycles. The largest absolute Gasteiger partial charge is 0.463 e. The molecule has 0 radical (unpaired) electrons. The van der Waals surface area contributed by atoms with Crippen molar-refractivity contribution in [3.63, 3.8) is 0 Å². The molecule has 1 rings (SSSR count). The summed E-state index contributed by atoms with van der Waals surface area (Å²) in [6, 6.07) is 0. The minimum Gasteiger partial charge on any atom is -0.463 e. The third-order valence-corrected chi connectivity index (χ3v) is 6.34. The normalized spacial score (nSPS) is 25.3. The highest BCUT2D eigenvalue weighted by molar-refractivity contribution is 5.69. The topological polar surface area (TPSA) is 105 Å². The van der Waals surface area contributed by atoms with E-state index in [0.717, 1.165) is 32.1 Å². The quantitative estimate of drug-likeness (QED) is 0.174. The maximum atomic E-state index is 12.0. The van der Waals surface area contributed by atoms with E-state index < -0.39 is 30.7 Å². The highest BCUT2D eigenvalue weighted by atomic mass is 16.7. The van der Waals surface area contributed by atoms with Gasteiger partial charge in [0.25, 0.3) is 0 Å². The van der Waals surface area contributed by atoms with Gasteiger partial charge in [-0.25, -0.2) is 0 Å². The lowest BCUT2D eigenvalue weighted by Gasteiger charge is -2.39. The summed E-state index contributed by atoms with van der Waals surface area (Å²) in [5.74, 6) is -0.335. The predicted octanol–water partition coefficient (Wildman–Crippen LogP) is 4.64. The van der Waals surface area contributed by atoms with E-state index in [0.29, 0.717) is 13.0 Å². The molecule has 5 atom stereocenters. The first-order chi connectivity index (χ1) is 16.0. The number of carbonyl (C=O) groups is 1. The number of rotatable bonds is 20. The van der Waals surface area contributed by atoms with Gasteiger partial charge in [-0.1, -0.05) is 97.3 Å². The highest BCUT2D eigenvalue weighted by Gasteiger charge is 2.44. The lowest BCUT2D eigenvalue weighted by molar-refractivity contribution is -0.301. The van der Waals surface area contributed by atoms with E-state index in [4.69, 9.17) is 14.2 Å². The van der Waals surface area contributed by atoms with Crippen molar-refractivity contribution >= 4 is 5.97 Å². The van der Waals surface area contributed by atoms with Crippen LogP contribution in [0.15, 0.2) is 0 Å². The van der Waals surface area contributed by atoms with Crippen molar-refractivity contribution in [2.75, 3.05) is 13.2 Å². The monoisotopic (exact) mass is 474 g/mol. The highest BCUT2D eigenvalue weighted by Crippen LogP contribution is 2.23. The Balaban J connectivity index is 2.06. The van der Waals surface area contributed by atoms with Gasteiger partial charge in [0, 0.05) is 13.0 Å². The number of esters is 1. The molecule has 1 fully saturated rings. The zero-order chi connectivity index (χ0) is 24.3. The molecular weight excluding hydrogens is 424 g/mol. The lowest BCUT2D eigenvalue weighted by atomic mass is 9.99. The zero-order valence-corrected chi connectivity index (χ0v) is 21.1. The number of aliphatic hydroxyl groups is 3. The van der Waals surface area contributed by atoms with Gasteiger partial charge in [-0.05, 0) is 12.8 Å². The van der Waals surface area contributed by atoms with Crippen LogP contribution in [0.2, 0.25) is 0 Å². The van der Waals surface area contributed by atoms with Crippen LogP contribution >= 0.6 is 0 Å². The minimum atomic E-state index is -1.41. The number of hydrogen-bond acceptors (Lipinski definition) is 7. The second-order valence-corrected chi connectivity index (χ2v) is 9.41. The standard InChI is InChI=1S/C26H50O7/c1-3-5-7-8-9-10-11-12-13-14-15-16-17-18-22(27)32-20-21-23(28)24(29)25(30)26(33-21)31-19-6-4-2/h21,23-26,28-30H,3-20H2,1-2H3/t21-,23-,24+,25-,26?/m1/s1. The van der Waals surface area contributed by atoms with Crippen LogP contribution in [0.4, 0.5) is 0 Å². The number of carbonyl (C=O) groups excluding carboxylic acids is 1. The fourth-order valence-corrected chi connectivity index (χ4v) is 4.07. The van der Waals surface area contributed by atoms with E-state index in [1.807, 2.05) is 6.92 Å². The van der Waals surface area contributed by atoms with Gasteiger partial charge in [0.1, 0.15) is 31.0 Å². The molecule has 0 spiro atoms. The summed E-state index contributed by atoms with van der Waals surface area (Å²) in [5, 5.41) is 30.2. The van der Waals surface area contributed by atoms with E-state index in [2.05, 4.69) is 6.92 Å². The first-order valence-corrected chi connectivity index (χ1v) is 13.5. The summed E-state index contributed by atoms with van der Waals surface area (Å²) in [6.07, 6.45) is 12.2. The van der Waals surface area contributed by atoms with Crippen molar-refractivity contribution in [2.45, 2.75) is 147 Å². The zero-order valence-electron chi connectivity index (χ0n) is 21.1. The van der Waals surface area contributed by atoms with Gasteiger partial charge in [0.2, 0.25) is 0 Å². The Labute approximate surface area is 201 Å². The maximum Gasteiger partial charge on any atom is 0.305 e. The molecule has 1 unspecified atom stereocenters. The second-order valence-electron chi connectivity index (χ2n) is 9.41. The lowest BCUT2D eigenvalue weighted by Crippen LogP contribution is -2.59. The Bertz CT molecular complexity index is 474. The third kappa shape index (κ3) is 13.7. The molecule has 7 nitrogen and oxygen atoms in total. The molecule has 7 heteroatoms. The van der Waals surface area contributed by atoms with Crippen molar-refractivity contribution in [3.05, 3.63) is 0 Å². The van der Waals surface area contributed by atoms with Crippen molar-refractivity contribution in [1.82, 2.24) is 0 Å². The van der Waals surface area contributed by atoms with E-state index in [9.17, 15) is 20.1 Å². The van der Waals surface area contributed by atoms with Gasteiger partial charge in [-0.15, -0.1) is 0 Å². The third-order valence-electron chi connectivity index (χ3n) is 6.34. The minimum absolute atomic E-state index is 0.171. The van der Waals surface area contributed by atoms with Gasteiger partial charge in [0.15, 0.2) is 6.29 Å². The molecule has 33 heavy (non-hydrogen) atoms. The number of hydrogen-bond donors (Lipinski definition) is 3. The van der Waals surface area contributed by atoms with Gasteiger partial charge in [0.05, 0.1) is 0 Å². The molecule has 0 aromatic carbocycles. The van der Waals surface area contributed by atoms with Crippen LogP contribution in [0.5, 0.6) is 0 Å². The molecule has 0 saturated carbocycles. The second kappa shape index (κ2) is 19.6. The molecule has 1 aliphatic rings. The first kappa shape index (κ1) is 30.3. The molecule has 196 valence electrons. The Morgan fingerprint density at radius 1 is 0.697 bits per heavy atom. The summed E-state index contributed by atoms with van der Waals surface area (Å²) in [4.78, 5) is 12.0. The Hall–Kier alpha value is -0.730. The summed E-state index contributed by atoms with van der Waals surface area (Å²) in [6.45, 7) is 4.47. The Kier molecular flexibility index (Phi) is 18.0. The van der Waals surface area contributed by atoms with Crippen LogP contribution in [0.25, 0.3) is 0 Å². The van der Waals surface area contributed by atoms with E-state index in [1.54, 1.807) is 0 Å². The molecular formula is C26H50O7. The van der Waals surface area contributed by atoms with Crippen LogP contribution in [0.3, 0.4) is 0 Å². The average Bonchev–Trinajstić information content (AvgIpc) is 2.81. The molecule has 1 heterocycles. The molecule has 3 N–H and O–H groups in total. The van der Waals surface area contributed by atoms with Crippen LogP contribution < -0.4 is 0 Å². The fourth-order valence-electron chi connectivity index (χ4n) is 4.07. The van der Waals surface area contributed by atoms with Gasteiger partial charge in [-0.2, -0.15) is 0 Å². The first-order valence-electron chi connectivity index (χ1n) is 13.5. The number of ether oxygens (including phenoxy) is 3. The number of unbranched alkanes of at least 4 members (excludes halogenated alkanes) is 13. The molecule has 1 saturated heterocycles. The van der Waals surface area contributed by atoms with Gasteiger partial charge < -0.3 is 29.5 Å². The Morgan fingerprint density at radius 2 is 1.21 bits per heavy atom. The van der Waals surface area contributed by atoms with Gasteiger partial charge in [-0.3, -0.25) is 4.79 Å². The molecule has 0 bridgehead atoms. The van der Waals surface area contributed by atoms with E-state index in [1.165, 1.54) is 64.2 Å². The van der Waals surface area contributed by atoms with Crippen molar-refractivity contribution in [2.24, 2.45) is 0 Å². The maximum absolute atomic E-state index is 12.0. The summed E-state index contributed by atoms with van der Waals surface area (Å²) >= 11 is 0. The van der Waals surface area contributed by atoms with Crippen LogP contribution in [0, 0.1) is 0 Å². The molecule has 0 aromatic heterocycles. The van der Waals surface area contributed by atoms with Crippen LogP contribution in [0.1, 0.15) is 117 Å². The summed E-state index contributed by atoms with van der Waals surface area (Å²) in [5.41, 5.74) is 0. The van der Waals surface area contributed by atoms with Crippen molar-refractivity contribution in [1.29, 1.82) is 0 Å². The smallest absolute Gasteiger partial charge is 0.305 e. The SMILES string of the molecule is CCCCCCCCCCCCCCCC(=O)OC[C@H]1OC(OCCCC)[C@H](O)[C@@H](O)[C@@H]1O. The average molecular weight is 475 g/mol. The predicted molar refractivity (Wildman–Crippen MR) is 129 cm³/mol. The van der Waals surface area contributed by atoms with Gasteiger partial charge >= 0.3 is 5.97 Å². The van der Waals surface area contributed by atoms with Crippen LogP contribution in [-0.2, 0) is 19.0 Å². The molecule has 0 aliphatic carbocycles. The molecule has 0 aromatic rings. The summed E-state index contributed by atoms with van der Waals surface area (Å²) in [7, 11) is 0. The van der Waals surface area contributed by atoms with Crippen LogP contribution in [-0.4, -0.2) is 65.2 Å². The molecule has 0 amide bonds. The summed E-state index contributed by atoms with van der Waals surface area (Å²) < 4.78 is 16.2. The van der Waals surface area contributed by atoms with Crippen molar-refractivity contribution in [3.8, 4) is 0 Å². The fraction of sp³-hybridized carbons (Fsp3) is 0.962.